The smallest absolute Gasteiger partial charge is 0.418 e. The fourth-order valence-corrected chi connectivity index (χ4v) is 7.73. The van der Waals surface area contributed by atoms with E-state index in [1.54, 1.807) is 54.6 Å². The number of imide groups is 1. The molecule has 4 aromatic rings. The zero-order chi connectivity index (χ0) is 29.6. The molecule has 13 heteroatoms. The average molecular weight is 612 g/mol. The van der Waals surface area contributed by atoms with Crippen molar-refractivity contribution in [3.63, 3.8) is 0 Å². The topological polar surface area (TPSA) is 109 Å². The highest BCUT2D eigenvalue weighted by molar-refractivity contribution is 8.00. The maximum atomic E-state index is 13.9. The summed E-state index contributed by atoms with van der Waals surface area (Å²) in [5, 5.41) is 1.97. The molecule has 0 aliphatic carbocycles. The Labute approximate surface area is 244 Å². The Morgan fingerprint density at radius 3 is 2.38 bits per heavy atom. The molecule has 0 saturated carbocycles. The zero-order valence-corrected chi connectivity index (χ0v) is 23.0. The highest BCUT2D eigenvalue weighted by Crippen LogP contribution is 2.55. The first-order valence-corrected chi connectivity index (χ1v) is 14.3. The summed E-state index contributed by atoms with van der Waals surface area (Å²) in [5.41, 5.74) is -0.664. The van der Waals surface area contributed by atoms with Gasteiger partial charge in [0, 0.05) is 22.0 Å². The van der Waals surface area contributed by atoms with Crippen LogP contribution in [-0.4, -0.2) is 34.6 Å². The predicted molar refractivity (Wildman–Crippen MR) is 151 cm³/mol. The van der Waals surface area contributed by atoms with Crippen LogP contribution < -0.4 is 19.8 Å². The second-order valence-electron chi connectivity index (χ2n) is 9.52. The van der Waals surface area contributed by atoms with Gasteiger partial charge in [0.05, 0.1) is 22.2 Å². The first-order valence-electron chi connectivity index (χ1n) is 12.6. The fourth-order valence-electron chi connectivity index (χ4n) is 5.23. The molecule has 1 saturated heterocycles. The molecule has 1 fully saturated rings. The number of benzene rings is 3. The number of hydrogen-bond acceptors (Lipinski definition) is 7. The van der Waals surface area contributed by atoms with Gasteiger partial charge in [-0.05, 0) is 30.3 Å². The Morgan fingerprint density at radius 1 is 0.929 bits per heavy atom. The first-order chi connectivity index (χ1) is 20.1. The number of hydrogen-bond donors (Lipinski definition) is 2. The molecule has 42 heavy (non-hydrogen) atoms. The number of para-hydroxylation sites is 3. The number of carbonyl (C=O) groups is 3. The van der Waals surface area contributed by atoms with Crippen LogP contribution in [0.2, 0.25) is 0 Å². The van der Waals surface area contributed by atoms with Crippen LogP contribution >= 0.6 is 23.1 Å². The fraction of sp³-hybridized carbons (Fsp3) is 0.172. The van der Waals surface area contributed by atoms with Crippen LogP contribution in [0.3, 0.4) is 0 Å². The van der Waals surface area contributed by atoms with Gasteiger partial charge >= 0.3 is 11.0 Å². The van der Waals surface area contributed by atoms with Gasteiger partial charge < -0.3 is 15.0 Å². The molecule has 0 spiro atoms. The van der Waals surface area contributed by atoms with E-state index < -0.39 is 57.1 Å². The first kappa shape index (κ1) is 27.8. The van der Waals surface area contributed by atoms with Crippen molar-refractivity contribution in [1.82, 2.24) is 4.98 Å². The molecule has 3 aromatic carbocycles. The number of anilines is 2. The van der Waals surface area contributed by atoms with Crippen LogP contribution in [0.4, 0.5) is 24.5 Å². The van der Waals surface area contributed by atoms with Crippen LogP contribution in [0.15, 0.2) is 88.7 Å². The van der Waals surface area contributed by atoms with E-state index >= 15 is 0 Å². The molecular weight excluding hydrogens is 591 g/mol. The van der Waals surface area contributed by atoms with Crippen LogP contribution in [0.1, 0.15) is 21.9 Å². The number of aromatic amines is 1. The Bertz CT molecular complexity index is 1750. The molecule has 2 aliphatic rings. The number of alkyl halides is 3. The van der Waals surface area contributed by atoms with Gasteiger partial charge in [-0.3, -0.25) is 19.2 Å². The normalized spacial score (nSPS) is 19.8. The Morgan fingerprint density at radius 2 is 1.62 bits per heavy atom. The zero-order valence-electron chi connectivity index (χ0n) is 21.4. The number of fused-ring (bicyclic) bond motifs is 2. The van der Waals surface area contributed by atoms with Crippen molar-refractivity contribution in [3.05, 3.63) is 105 Å². The summed E-state index contributed by atoms with van der Waals surface area (Å²) in [6.07, 6.45) is -4.80. The van der Waals surface area contributed by atoms with Crippen molar-refractivity contribution in [2.24, 2.45) is 5.92 Å². The van der Waals surface area contributed by atoms with Gasteiger partial charge in [0.15, 0.2) is 6.61 Å². The Hall–Kier alpha value is -4.36. The molecule has 0 radical (unpaired) electrons. The third kappa shape index (κ3) is 4.98. The van der Waals surface area contributed by atoms with Crippen molar-refractivity contribution in [2.75, 3.05) is 16.8 Å². The van der Waals surface area contributed by atoms with Gasteiger partial charge in [0.1, 0.15) is 11.0 Å². The number of thioether (sulfide) groups is 1. The van der Waals surface area contributed by atoms with Gasteiger partial charge in [-0.25, -0.2) is 4.90 Å². The lowest BCUT2D eigenvalue weighted by Crippen LogP contribution is -2.33. The summed E-state index contributed by atoms with van der Waals surface area (Å²) in [4.78, 5) is 55.9. The largest absolute Gasteiger partial charge is 0.483 e. The van der Waals surface area contributed by atoms with Gasteiger partial charge in [-0.1, -0.05) is 71.6 Å². The molecule has 3 unspecified atom stereocenters. The molecular formula is C29H20F3N3O5S2. The summed E-state index contributed by atoms with van der Waals surface area (Å²) < 4.78 is 47.5. The number of amides is 3. The highest BCUT2D eigenvalue weighted by Gasteiger charge is 2.57. The number of ether oxygens (including phenoxy) is 1. The molecule has 3 amide bonds. The lowest BCUT2D eigenvalue weighted by molar-refractivity contribution is -0.137. The van der Waals surface area contributed by atoms with Crippen LogP contribution in [0.5, 0.6) is 5.75 Å². The summed E-state index contributed by atoms with van der Waals surface area (Å²) in [5.74, 6) is -3.87. The molecule has 214 valence electrons. The molecule has 2 aliphatic heterocycles. The Balaban J connectivity index is 1.38. The molecule has 3 atom stereocenters. The van der Waals surface area contributed by atoms with E-state index in [4.69, 9.17) is 4.74 Å². The van der Waals surface area contributed by atoms with E-state index in [9.17, 15) is 32.3 Å². The number of rotatable bonds is 6. The van der Waals surface area contributed by atoms with E-state index in [-0.39, 0.29) is 12.4 Å². The maximum absolute atomic E-state index is 13.9. The van der Waals surface area contributed by atoms with Gasteiger partial charge in [-0.15, -0.1) is 0 Å². The minimum atomic E-state index is -4.80. The van der Waals surface area contributed by atoms with Crippen LogP contribution in [0.25, 0.3) is 0 Å². The Kier molecular flexibility index (Phi) is 7.15. The number of H-pyrrole nitrogens is 1. The second-order valence-corrected chi connectivity index (χ2v) is 11.7. The van der Waals surface area contributed by atoms with Gasteiger partial charge in [0.25, 0.3) is 5.91 Å². The minimum Gasteiger partial charge on any atom is -0.483 e. The summed E-state index contributed by atoms with van der Waals surface area (Å²) in [6, 6.07) is 19.8. The summed E-state index contributed by atoms with van der Waals surface area (Å²) in [7, 11) is 0. The SMILES string of the molecule is O=C(COc1ccccc1C1c2sc(=O)[nH]c2SC2C(=O)N(c3ccccc3C(F)(F)F)C(=O)C21)Nc1ccccc1. The van der Waals surface area contributed by atoms with E-state index in [0.29, 0.717) is 26.1 Å². The van der Waals surface area contributed by atoms with E-state index in [1.807, 2.05) is 0 Å². The van der Waals surface area contributed by atoms with Gasteiger partial charge in [-0.2, -0.15) is 13.2 Å². The number of aromatic nitrogens is 1. The number of carbonyl (C=O) groups excluding carboxylic acids is 3. The van der Waals surface area contributed by atoms with E-state index in [2.05, 4.69) is 10.3 Å². The average Bonchev–Trinajstić information content (AvgIpc) is 3.46. The van der Waals surface area contributed by atoms with Crippen molar-refractivity contribution < 1.29 is 32.3 Å². The van der Waals surface area contributed by atoms with Crippen LogP contribution in [-0.2, 0) is 20.6 Å². The summed E-state index contributed by atoms with van der Waals surface area (Å²) in [6.45, 7) is -0.379. The monoisotopic (exact) mass is 611 g/mol. The standard InChI is InChI=1S/C29H20F3N3O5S2/c30-29(31,32)17-11-5-6-12-18(17)35-26(37)22-21(23-25(34-28(39)42-23)41-24(22)27(35)38)16-10-4-7-13-19(16)40-14-20(36)33-15-8-2-1-3-9-15/h1-13,21-22,24H,14H2,(H,33,36)(H,34,39). The third-order valence-electron chi connectivity index (χ3n) is 6.94. The number of thiazole rings is 1. The number of halogens is 3. The highest BCUT2D eigenvalue weighted by atomic mass is 32.2. The molecule has 1 aromatic heterocycles. The summed E-state index contributed by atoms with van der Waals surface area (Å²) >= 11 is 1.81. The van der Waals surface area contributed by atoms with Crippen molar-refractivity contribution >= 4 is 52.2 Å². The van der Waals surface area contributed by atoms with Crippen molar-refractivity contribution in [1.29, 1.82) is 0 Å². The minimum absolute atomic E-state index is 0.234. The molecule has 8 nitrogen and oxygen atoms in total. The van der Waals surface area contributed by atoms with Crippen molar-refractivity contribution in [2.45, 2.75) is 22.4 Å². The molecule has 3 heterocycles. The lowest BCUT2D eigenvalue weighted by atomic mass is 9.82. The molecule has 6 rings (SSSR count). The number of nitrogens with one attached hydrogen (secondary N) is 2. The van der Waals surface area contributed by atoms with E-state index in [1.165, 1.54) is 12.1 Å². The van der Waals surface area contributed by atoms with Gasteiger partial charge in [0.2, 0.25) is 11.8 Å². The predicted octanol–water partition coefficient (Wildman–Crippen LogP) is 5.27. The second kappa shape index (κ2) is 10.8. The maximum Gasteiger partial charge on any atom is 0.418 e. The third-order valence-corrected chi connectivity index (χ3v) is 9.35. The van der Waals surface area contributed by atoms with Crippen molar-refractivity contribution in [3.8, 4) is 5.75 Å². The van der Waals surface area contributed by atoms with Crippen LogP contribution in [0, 0.1) is 5.92 Å². The number of nitrogens with zero attached hydrogens (tertiary/aromatic N) is 1. The molecule has 2 N–H and O–H groups in total. The lowest BCUT2D eigenvalue weighted by Gasteiger charge is -2.30. The quantitative estimate of drug-likeness (QED) is 0.288. The van der Waals surface area contributed by atoms with E-state index in [0.717, 1.165) is 35.2 Å². The molecule has 0 bridgehead atoms.